The lowest BCUT2D eigenvalue weighted by Crippen LogP contribution is -2.06. The fourth-order valence-electron chi connectivity index (χ4n) is 2.64. The summed E-state index contributed by atoms with van der Waals surface area (Å²) in [5, 5.41) is 8.96. The van der Waals surface area contributed by atoms with Crippen molar-refractivity contribution < 1.29 is 4.42 Å². The third-order valence-electron chi connectivity index (χ3n) is 4.24. The minimum atomic E-state index is -0.142. The van der Waals surface area contributed by atoms with E-state index in [2.05, 4.69) is 25.1 Å². The summed E-state index contributed by atoms with van der Waals surface area (Å²) in [5.74, 6) is 2.68. The zero-order valence-corrected chi connectivity index (χ0v) is 14.2. The summed E-state index contributed by atoms with van der Waals surface area (Å²) in [4.78, 5) is 0. The first-order valence-electron chi connectivity index (χ1n) is 8.42. The van der Waals surface area contributed by atoms with E-state index >= 15 is 0 Å². The minimum absolute atomic E-state index is 0.142. The second-order valence-electron chi connectivity index (χ2n) is 7.01. The number of unbranched alkanes of at least 4 members (excludes halogenated alkanes) is 5. The maximum absolute atomic E-state index is 8.96. The second kappa shape index (κ2) is 8.93. The van der Waals surface area contributed by atoms with E-state index in [4.69, 9.17) is 9.68 Å². The number of hydrogen-bond donors (Lipinski definition) is 0. The maximum atomic E-state index is 8.96. The summed E-state index contributed by atoms with van der Waals surface area (Å²) in [6, 6.07) is 6.53. The van der Waals surface area contributed by atoms with Gasteiger partial charge >= 0.3 is 0 Å². The molecule has 1 unspecified atom stereocenters. The highest BCUT2D eigenvalue weighted by Gasteiger charge is 2.15. The van der Waals surface area contributed by atoms with E-state index in [0.717, 1.165) is 17.9 Å². The molecule has 2 nitrogen and oxygen atoms in total. The molecule has 0 N–H and O–H groups in total. The topological polar surface area (TPSA) is 36.9 Å². The molecule has 0 radical (unpaired) electrons. The Morgan fingerprint density at radius 3 is 2.29 bits per heavy atom. The summed E-state index contributed by atoms with van der Waals surface area (Å²) in [5.41, 5.74) is -0.142. The quantitative estimate of drug-likeness (QED) is 0.470. The Kier molecular flexibility index (Phi) is 7.57. The van der Waals surface area contributed by atoms with Gasteiger partial charge in [-0.2, -0.15) is 5.26 Å². The van der Waals surface area contributed by atoms with Crippen LogP contribution in [-0.4, -0.2) is 0 Å². The smallest absolute Gasteiger partial charge is 0.106 e. The molecule has 0 aliphatic carbocycles. The van der Waals surface area contributed by atoms with Crippen LogP contribution in [0.4, 0.5) is 0 Å². The number of furan rings is 1. The van der Waals surface area contributed by atoms with Crippen LogP contribution in [0.25, 0.3) is 0 Å². The average Bonchev–Trinajstić information content (AvgIpc) is 2.88. The van der Waals surface area contributed by atoms with Crippen molar-refractivity contribution in [2.45, 2.75) is 85.0 Å². The van der Waals surface area contributed by atoms with Crippen molar-refractivity contribution in [2.24, 2.45) is 5.41 Å². The van der Waals surface area contributed by atoms with E-state index in [1.807, 2.05) is 20.8 Å². The molecule has 1 aromatic rings. The summed E-state index contributed by atoms with van der Waals surface area (Å²) < 4.78 is 5.67. The third-order valence-corrected chi connectivity index (χ3v) is 4.24. The van der Waals surface area contributed by atoms with Gasteiger partial charge < -0.3 is 4.42 Å². The van der Waals surface area contributed by atoms with Crippen molar-refractivity contribution in [3.63, 3.8) is 0 Å². The fourth-order valence-corrected chi connectivity index (χ4v) is 2.64. The first-order valence-corrected chi connectivity index (χ1v) is 8.42. The second-order valence-corrected chi connectivity index (χ2v) is 7.01. The van der Waals surface area contributed by atoms with Gasteiger partial charge in [-0.05, 0) is 45.7 Å². The van der Waals surface area contributed by atoms with Crippen LogP contribution in [0.15, 0.2) is 16.5 Å². The summed E-state index contributed by atoms with van der Waals surface area (Å²) in [6.45, 7) is 8.32. The van der Waals surface area contributed by atoms with Crippen molar-refractivity contribution in [3.8, 4) is 6.07 Å². The monoisotopic (exact) mass is 289 g/mol. The Labute approximate surface area is 130 Å². The summed E-state index contributed by atoms with van der Waals surface area (Å²) >= 11 is 0. The van der Waals surface area contributed by atoms with Crippen LogP contribution in [0.5, 0.6) is 0 Å². The fraction of sp³-hybridized carbons (Fsp3) is 0.737. The lowest BCUT2D eigenvalue weighted by molar-refractivity contribution is 0.414. The van der Waals surface area contributed by atoms with Gasteiger partial charge in [0.25, 0.3) is 0 Å². The molecule has 1 atom stereocenters. The predicted molar refractivity (Wildman–Crippen MR) is 88.2 cm³/mol. The third kappa shape index (κ3) is 7.37. The molecule has 0 fully saturated rings. The van der Waals surface area contributed by atoms with E-state index < -0.39 is 0 Å². The molecular formula is C19H31NO. The zero-order chi connectivity index (χ0) is 15.7. The first kappa shape index (κ1) is 17.8. The first-order chi connectivity index (χ1) is 9.94. The SMILES string of the molecule is Cc1ccc(C(C)CCCCCCCCC(C)(C)C#N)o1. The minimum Gasteiger partial charge on any atom is -0.466 e. The molecule has 1 aromatic heterocycles. The lowest BCUT2D eigenvalue weighted by atomic mass is 9.88. The number of hydrogen-bond acceptors (Lipinski definition) is 2. The van der Waals surface area contributed by atoms with Gasteiger partial charge in [-0.25, -0.2) is 0 Å². The Bertz CT molecular complexity index is 439. The van der Waals surface area contributed by atoms with Crippen LogP contribution >= 0.6 is 0 Å². The van der Waals surface area contributed by atoms with Crippen LogP contribution in [0.3, 0.4) is 0 Å². The molecule has 118 valence electrons. The molecule has 0 aliphatic heterocycles. The molecule has 0 saturated carbocycles. The Morgan fingerprint density at radius 1 is 1.10 bits per heavy atom. The average molecular weight is 289 g/mol. The van der Waals surface area contributed by atoms with Crippen molar-refractivity contribution >= 4 is 0 Å². The van der Waals surface area contributed by atoms with Crippen LogP contribution in [0.1, 0.15) is 89.6 Å². The van der Waals surface area contributed by atoms with Gasteiger partial charge in [0.1, 0.15) is 11.5 Å². The van der Waals surface area contributed by atoms with Crippen molar-refractivity contribution in [1.29, 1.82) is 5.26 Å². The molecule has 0 aromatic carbocycles. The van der Waals surface area contributed by atoms with E-state index in [0.29, 0.717) is 5.92 Å². The van der Waals surface area contributed by atoms with Crippen LogP contribution in [0.2, 0.25) is 0 Å². The van der Waals surface area contributed by atoms with Gasteiger partial charge in [0.2, 0.25) is 0 Å². The largest absolute Gasteiger partial charge is 0.466 e. The number of nitrogens with zero attached hydrogens (tertiary/aromatic N) is 1. The van der Waals surface area contributed by atoms with Crippen LogP contribution < -0.4 is 0 Å². The van der Waals surface area contributed by atoms with E-state index in [9.17, 15) is 0 Å². The Hall–Kier alpha value is -1.23. The van der Waals surface area contributed by atoms with Crippen LogP contribution in [-0.2, 0) is 0 Å². The lowest BCUT2D eigenvalue weighted by Gasteiger charge is -2.14. The molecule has 1 rings (SSSR count). The van der Waals surface area contributed by atoms with Gasteiger partial charge in [-0.1, -0.05) is 45.4 Å². The van der Waals surface area contributed by atoms with Crippen molar-refractivity contribution in [2.75, 3.05) is 0 Å². The number of nitriles is 1. The molecule has 2 heteroatoms. The molecule has 21 heavy (non-hydrogen) atoms. The molecule has 0 spiro atoms. The highest BCUT2D eigenvalue weighted by Crippen LogP contribution is 2.25. The van der Waals surface area contributed by atoms with E-state index in [-0.39, 0.29) is 5.41 Å². The van der Waals surface area contributed by atoms with Gasteiger partial charge in [0, 0.05) is 5.92 Å². The molecule has 0 amide bonds. The van der Waals surface area contributed by atoms with Crippen LogP contribution in [0, 0.1) is 23.7 Å². The van der Waals surface area contributed by atoms with Crippen molar-refractivity contribution in [1.82, 2.24) is 0 Å². The number of rotatable bonds is 10. The predicted octanol–water partition coefficient (Wildman–Crippen LogP) is 6.36. The van der Waals surface area contributed by atoms with E-state index in [1.54, 1.807) is 0 Å². The normalized spacial score (nSPS) is 13.1. The van der Waals surface area contributed by atoms with Crippen molar-refractivity contribution in [3.05, 3.63) is 23.7 Å². The highest BCUT2D eigenvalue weighted by molar-refractivity contribution is 5.09. The van der Waals surface area contributed by atoms with Gasteiger partial charge in [-0.3, -0.25) is 0 Å². The van der Waals surface area contributed by atoms with E-state index in [1.165, 1.54) is 44.9 Å². The summed E-state index contributed by atoms with van der Waals surface area (Å²) in [7, 11) is 0. The molecule has 0 saturated heterocycles. The molecule has 0 aliphatic rings. The molecular weight excluding hydrogens is 258 g/mol. The summed E-state index contributed by atoms with van der Waals surface area (Å²) in [6.07, 6.45) is 9.90. The van der Waals surface area contributed by atoms with Gasteiger partial charge in [0.05, 0.1) is 11.5 Å². The zero-order valence-electron chi connectivity index (χ0n) is 14.2. The maximum Gasteiger partial charge on any atom is 0.106 e. The molecule has 1 heterocycles. The Balaban J connectivity index is 1.99. The van der Waals surface area contributed by atoms with Gasteiger partial charge in [-0.15, -0.1) is 0 Å². The Morgan fingerprint density at radius 2 is 1.71 bits per heavy atom. The van der Waals surface area contributed by atoms with Gasteiger partial charge in [0.15, 0.2) is 0 Å². The molecule has 0 bridgehead atoms. The standard InChI is InChI=1S/C19H31NO/c1-16(18-13-12-17(2)21-18)11-9-7-5-6-8-10-14-19(3,4)15-20/h12-13,16H,5-11,14H2,1-4H3. The number of aryl methyl sites for hydroxylation is 1. The highest BCUT2D eigenvalue weighted by atomic mass is 16.3.